The number of nitrogens with zero attached hydrogens (tertiary/aromatic N) is 1. The highest BCUT2D eigenvalue weighted by atomic mass is 19.1. The van der Waals surface area contributed by atoms with Crippen molar-refractivity contribution in [1.29, 1.82) is 0 Å². The Labute approximate surface area is 108 Å². The SMILES string of the molecule is CCOC(=O)c1cc2c(cn1)[nH]c1ccc(F)cc12. The number of benzene rings is 1. The normalized spacial score (nSPS) is 11.1. The fraction of sp³-hybridized carbons (Fsp3) is 0.143. The largest absolute Gasteiger partial charge is 0.461 e. The summed E-state index contributed by atoms with van der Waals surface area (Å²) in [5.74, 6) is -0.793. The van der Waals surface area contributed by atoms with E-state index in [0.717, 1.165) is 21.8 Å². The summed E-state index contributed by atoms with van der Waals surface area (Å²) in [7, 11) is 0. The Bertz CT molecular complexity index is 780. The number of aromatic amines is 1. The minimum absolute atomic E-state index is 0.222. The number of esters is 1. The number of carbonyl (C=O) groups is 1. The molecule has 0 aliphatic rings. The van der Waals surface area contributed by atoms with E-state index in [0.29, 0.717) is 6.61 Å². The second-order valence-electron chi connectivity index (χ2n) is 4.15. The van der Waals surface area contributed by atoms with Gasteiger partial charge in [0.2, 0.25) is 0 Å². The van der Waals surface area contributed by atoms with Crippen molar-refractivity contribution in [3.8, 4) is 0 Å². The summed E-state index contributed by atoms with van der Waals surface area (Å²) in [4.78, 5) is 18.8. The monoisotopic (exact) mass is 258 g/mol. The van der Waals surface area contributed by atoms with Crippen molar-refractivity contribution in [1.82, 2.24) is 9.97 Å². The molecular formula is C14H11FN2O2. The molecule has 1 N–H and O–H groups in total. The highest BCUT2D eigenvalue weighted by molar-refractivity contribution is 6.08. The molecule has 0 fully saturated rings. The van der Waals surface area contributed by atoms with E-state index in [1.807, 2.05) is 0 Å². The third-order valence-electron chi connectivity index (χ3n) is 2.93. The van der Waals surface area contributed by atoms with Crippen LogP contribution in [-0.4, -0.2) is 22.5 Å². The summed E-state index contributed by atoms with van der Waals surface area (Å²) in [5.41, 5.74) is 1.78. The number of ether oxygens (including phenoxy) is 1. The average Bonchev–Trinajstić information content (AvgIpc) is 2.76. The van der Waals surface area contributed by atoms with Gasteiger partial charge < -0.3 is 9.72 Å². The van der Waals surface area contributed by atoms with Crippen molar-refractivity contribution in [2.75, 3.05) is 6.61 Å². The highest BCUT2D eigenvalue weighted by Crippen LogP contribution is 2.26. The molecule has 0 radical (unpaired) electrons. The molecule has 4 nitrogen and oxygen atoms in total. The maximum Gasteiger partial charge on any atom is 0.356 e. The minimum Gasteiger partial charge on any atom is -0.461 e. The van der Waals surface area contributed by atoms with Crippen molar-refractivity contribution in [2.24, 2.45) is 0 Å². The van der Waals surface area contributed by atoms with E-state index in [4.69, 9.17) is 4.74 Å². The number of rotatable bonds is 2. The van der Waals surface area contributed by atoms with Crippen LogP contribution in [0.15, 0.2) is 30.5 Å². The van der Waals surface area contributed by atoms with Crippen molar-refractivity contribution >= 4 is 27.8 Å². The molecule has 0 saturated heterocycles. The summed E-state index contributed by atoms with van der Waals surface area (Å²) >= 11 is 0. The fourth-order valence-corrected chi connectivity index (χ4v) is 2.09. The number of hydrogen-bond donors (Lipinski definition) is 1. The van der Waals surface area contributed by atoms with Crippen LogP contribution in [0.2, 0.25) is 0 Å². The molecule has 96 valence electrons. The molecule has 0 bridgehead atoms. The van der Waals surface area contributed by atoms with Crippen LogP contribution in [0.3, 0.4) is 0 Å². The van der Waals surface area contributed by atoms with Crippen LogP contribution in [0.1, 0.15) is 17.4 Å². The van der Waals surface area contributed by atoms with Gasteiger partial charge in [0.25, 0.3) is 0 Å². The van der Waals surface area contributed by atoms with E-state index in [-0.39, 0.29) is 11.5 Å². The molecule has 19 heavy (non-hydrogen) atoms. The second-order valence-corrected chi connectivity index (χ2v) is 4.15. The van der Waals surface area contributed by atoms with Gasteiger partial charge in [-0.25, -0.2) is 14.2 Å². The van der Waals surface area contributed by atoms with Gasteiger partial charge in [-0.2, -0.15) is 0 Å². The molecule has 0 unspecified atom stereocenters. The van der Waals surface area contributed by atoms with E-state index < -0.39 is 5.97 Å². The summed E-state index contributed by atoms with van der Waals surface area (Å²) in [6.07, 6.45) is 1.56. The van der Waals surface area contributed by atoms with Crippen molar-refractivity contribution in [3.05, 3.63) is 42.0 Å². The third kappa shape index (κ3) is 1.93. The van der Waals surface area contributed by atoms with Crippen LogP contribution in [0.25, 0.3) is 21.8 Å². The summed E-state index contributed by atoms with van der Waals surface area (Å²) in [6, 6.07) is 6.10. The van der Waals surface area contributed by atoms with Crippen LogP contribution >= 0.6 is 0 Å². The molecule has 0 aliphatic carbocycles. The summed E-state index contributed by atoms with van der Waals surface area (Å²) in [6.45, 7) is 2.03. The van der Waals surface area contributed by atoms with Crippen LogP contribution in [-0.2, 0) is 4.74 Å². The maximum atomic E-state index is 13.3. The molecule has 1 aromatic carbocycles. The van der Waals surface area contributed by atoms with Gasteiger partial charge in [-0.1, -0.05) is 0 Å². The average molecular weight is 258 g/mol. The van der Waals surface area contributed by atoms with Gasteiger partial charge >= 0.3 is 5.97 Å². The Hall–Kier alpha value is -2.43. The van der Waals surface area contributed by atoms with Gasteiger partial charge in [-0.05, 0) is 31.2 Å². The van der Waals surface area contributed by atoms with Crippen molar-refractivity contribution in [3.63, 3.8) is 0 Å². The Kier molecular flexibility index (Phi) is 2.67. The Morgan fingerprint density at radius 1 is 1.32 bits per heavy atom. The second kappa shape index (κ2) is 4.35. The van der Waals surface area contributed by atoms with Crippen LogP contribution < -0.4 is 0 Å². The number of fused-ring (bicyclic) bond motifs is 3. The van der Waals surface area contributed by atoms with Gasteiger partial charge in [-0.3, -0.25) is 0 Å². The molecule has 2 aromatic heterocycles. The van der Waals surface area contributed by atoms with Crippen molar-refractivity contribution < 1.29 is 13.9 Å². The van der Waals surface area contributed by atoms with E-state index in [1.165, 1.54) is 12.1 Å². The smallest absolute Gasteiger partial charge is 0.356 e. The molecule has 3 rings (SSSR count). The number of H-pyrrole nitrogens is 1. The van der Waals surface area contributed by atoms with Crippen LogP contribution in [0.4, 0.5) is 4.39 Å². The molecule has 0 amide bonds. The lowest BCUT2D eigenvalue weighted by atomic mass is 10.1. The third-order valence-corrected chi connectivity index (χ3v) is 2.93. The fourth-order valence-electron chi connectivity index (χ4n) is 2.09. The first kappa shape index (κ1) is 11.6. The van der Waals surface area contributed by atoms with Crippen LogP contribution in [0.5, 0.6) is 0 Å². The van der Waals surface area contributed by atoms with Gasteiger partial charge in [0, 0.05) is 16.3 Å². The molecule has 3 aromatic rings. The number of halogens is 1. The Balaban J connectivity index is 2.23. The zero-order chi connectivity index (χ0) is 13.4. The molecular weight excluding hydrogens is 247 g/mol. The Morgan fingerprint density at radius 2 is 2.11 bits per heavy atom. The quantitative estimate of drug-likeness (QED) is 0.719. The van der Waals surface area contributed by atoms with Gasteiger partial charge in [-0.15, -0.1) is 0 Å². The predicted molar refractivity (Wildman–Crippen MR) is 69.5 cm³/mol. The van der Waals surface area contributed by atoms with E-state index in [9.17, 15) is 9.18 Å². The summed E-state index contributed by atoms with van der Waals surface area (Å²) in [5, 5.41) is 1.48. The van der Waals surface area contributed by atoms with E-state index >= 15 is 0 Å². The van der Waals surface area contributed by atoms with Gasteiger partial charge in [0.15, 0.2) is 0 Å². The van der Waals surface area contributed by atoms with Crippen LogP contribution in [0, 0.1) is 5.82 Å². The van der Waals surface area contributed by atoms with E-state index in [1.54, 1.807) is 25.3 Å². The Morgan fingerprint density at radius 3 is 2.89 bits per heavy atom. The lowest BCUT2D eigenvalue weighted by Gasteiger charge is -2.00. The number of aromatic nitrogens is 2. The van der Waals surface area contributed by atoms with E-state index in [2.05, 4.69) is 9.97 Å². The number of nitrogens with one attached hydrogen (secondary N) is 1. The molecule has 0 saturated carbocycles. The minimum atomic E-state index is -0.477. The zero-order valence-electron chi connectivity index (χ0n) is 10.2. The molecule has 5 heteroatoms. The number of hydrogen-bond acceptors (Lipinski definition) is 3. The summed E-state index contributed by atoms with van der Waals surface area (Å²) < 4.78 is 18.2. The molecule has 2 heterocycles. The molecule has 0 aliphatic heterocycles. The molecule has 0 spiro atoms. The highest BCUT2D eigenvalue weighted by Gasteiger charge is 2.12. The lowest BCUT2D eigenvalue weighted by molar-refractivity contribution is 0.0520. The standard InChI is InChI=1S/C14H11FN2O2/c1-2-19-14(18)12-6-10-9-5-8(15)3-4-11(9)17-13(10)7-16-12/h3-7,17H,2H2,1H3. The first-order valence-corrected chi connectivity index (χ1v) is 5.93. The van der Waals surface area contributed by atoms with Crippen molar-refractivity contribution in [2.45, 2.75) is 6.92 Å². The maximum absolute atomic E-state index is 13.3. The number of carbonyl (C=O) groups excluding carboxylic acids is 1. The first-order chi connectivity index (χ1) is 9.19. The lowest BCUT2D eigenvalue weighted by Crippen LogP contribution is -2.06. The molecule has 0 atom stereocenters. The first-order valence-electron chi connectivity index (χ1n) is 5.93. The zero-order valence-corrected chi connectivity index (χ0v) is 10.2. The topological polar surface area (TPSA) is 55.0 Å². The predicted octanol–water partition coefficient (Wildman–Crippen LogP) is 3.03. The van der Waals surface area contributed by atoms with Gasteiger partial charge in [0.1, 0.15) is 11.5 Å². The number of pyridine rings is 1. The van der Waals surface area contributed by atoms with Gasteiger partial charge in [0.05, 0.1) is 18.3 Å².